The maximum absolute atomic E-state index is 10.4. The Morgan fingerprint density at radius 1 is 1.12 bits per heavy atom. The van der Waals surface area contributed by atoms with Crippen LogP contribution in [0.3, 0.4) is 0 Å². The molecule has 2 aromatic rings. The van der Waals surface area contributed by atoms with Gasteiger partial charge in [0.1, 0.15) is 0 Å². The van der Waals surface area contributed by atoms with Crippen LogP contribution in [0.2, 0.25) is 0 Å². The molecule has 1 aromatic carbocycles. The number of aliphatic hydroxyl groups is 1. The van der Waals surface area contributed by atoms with Gasteiger partial charge in [0.2, 0.25) is 0 Å². The SMILES string of the molecule is OC(c1ccc2[nH]ccc2c1)C1CCCCC1. The number of H-pyrrole nitrogens is 1. The highest BCUT2D eigenvalue weighted by Gasteiger charge is 2.23. The van der Waals surface area contributed by atoms with Gasteiger partial charge in [-0.25, -0.2) is 0 Å². The molecule has 1 atom stereocenters. The number of nitrogens with one attached hydrogen (secondary N) is 1. The lowest BCUT2D eigenvalue weighted by Crippen LogP contribution is -2.15. The second-order valence-electron chi connectivity index (χ2n) is 5.17. The van der Waals surface area contributed by atoms with Crippen molar-refractivity contribution in [1.82, 2.24) is 4.98 Å². The van der Waals surface area contributed by atoms with Gasteiger partial charge in [0.15, 0.2) is 0 Å². The zero-order valence-electron chi connectivity index (χ0n) is 10.0. The molecule has 1 fully saturated rings. The summed E-state index contributed by atoms with van der Waals surface area (Å²) < 4.78 is 0. The van der Waals surface area contributed by atoms with Crippen LogP contribution in [-0.4, -0.2) is 10.1 Å². The Morgan fingerprint density at radius 3 is 2.76 bits per heavy atom. The Hall–Kier alpha value is -1.28. The summed E-state index contributed by atoms with van der Waals surface area (Å²) in [6, 6.07) is 8.30. The standard InChI is InChI=1S/C15H19NO/c17-15(11-4-2-1-3-5-11)13-6-7-14-12(10-13)8-9-16-14/h6-11,15-17H,1-5H2. The van der Waals surface area contributed by atoms with E-state index < -0.39 is 0 Å². The Kier molecular flexibility index (Phi) is 2.89. The lowest BCUT2D eigenvalue weighted by atomic mass is 9.82. The predicted molar refractivity (Wildman–Crippen MR) is 69.8 cm³/mol. The van der Waals surface area contributed by atoms with Gasteiger partial charge in [-0.2, -0.15) is 0 Å². The summed E-state index contributed by atoms with van der Waals surface area (Å²) in [6.45, 7) is 0. The fourth-order valence-corrected chi connectivity index (χ4v) is 2.98. The van der Waals surface area contributed by atoms with Gasteiger partial charge in [0, 0.05) is 11.7 Å². The third-order valence-corrected chi connectivity index (χ3v) is 4.02. The highest BCUT2D eigenvalue weighted by Crippen LogP contribution is 2.35. The molecule has 90 valence electrons. The van der Waals surface area contributed by atoms with Gasteiger partial charge in [-0.15, -0.1) is 0 Å². The van der Waals surface area contributed by atoms with Crippen molar-refractivity contribution >= 4 is 10.9 Å². The van der Waals surface area contributed by atoms with Crippen LogP contribution in [-0.2, 0) is 0 Å². The molecule has 1 aliphatic rings. The second-order valence-corrected chi connectivity index (χ2v) is 5.17. The molecule has 1 aromatic heterocycles. The van der Waals surface area contributed by atoms with Crippen molar-refractivity contribution in [3.63, 3.8) is 0 Å². The highest BCUT2D eigenvalue weighted by atomic mass is 16.3. The third kappa shape index (κ3) is 2.09. The minimum absolute atomic E-state index is 0.283. The molecular formula is C15H19NO. The molecule has 1 saturated carbocycles. The topological polar surface area (TPSA) is 36.0 Å². The quantitative estimate of drug-likeness (QED) is 0.807. The van der Waals surface area contributed by atoms with E-state index >= 15 is 0 Å². The average molecular weight is 229 g/mol. The molecule has 1 aliphatic carbocycles. The van der Waals surface area contributed by atoms with Crippen molar-refractivity contribution < 1.29 is 5.11 Å². The molecule has 0 spiro atoms. The van der Waals surface area contributed by atoms with E-state index in [0.29, 0.717) is 5.92 Å². The molecule has 1 heterocycles. The first-order valence-corrected chi connectivity index (χ1v) is 6.60. The van der Waals surface area contributed by atoms with Crippen molar-refractivity contribution in [2.24, 2.45) is 5.92 Å². The molecule has 0 aliphatic heterocycles. The van der Waals surface area contributed by atoms with Gasteiger partial charge in [-0.1, -0.05) is 25.3 Å². The zero-order valence-corrected chi connectivity index (χ0v) is 10.0. The number of aliphatic hydroxyl groups excluding tert-OH is 1. The van der Waals surface area contributed by atoms with Crippen LogP contribution in [0, 0.1) is 5.92 Å². The Balaban J connectivity index is 1.86. The molecule has 1 unspecified atom stereocenters. The number of fused-ring (bicyclic) bond motifs is 1. The summed E-state index contributed by atoms with van der Waals surface area (Å²) in [7, 11) is 0. The Labute approximate surface area is 102 Å². The van der Waals surface area contributed by atoms with E-state index in [9.17, 15) is 5.11 Å². The Morgan fingerprint density at radius 2 is 1.94 bits per heavy atom. The van der Waals surface area contributed by atoms with Crippen LogP contribution >= 0.6 is 0 Å². The molecule has 0 saturated heterocycles. The normalized spacial score (nSPS) is 19.6. The van der Waals surface area contributed by atoms with E-state index in [0.717, 1.165) is 11.1 Å². The van der Waals surface area contributed by atoms with Crippen LogP contribution in [0.4, 0.5) is 0 Å². The summed E-state index contributed by atoms with van der Waals surface area (Å²) in [6.07, 6.45) is 7.89. The number of aromatic amines is 1. The minimum Gasteiger partial charge on any atom is -0.388 e. The first kappa shape index (κ1) is 10.8. The number of aromatic nitrogens is 1. The minimum atomic E-state index is -0.283. The summed E-state index contributed by atoms with van der Waals surface area (Å²) in [4.78, 5) is 3.18. The third-order valence-electron chi connectivity index (χ3n) is 4.02. The Bertz CT molecular complexity index is 496. The number of hydrogen-bond acceptors (Lipinski definition) is 1. The lowest BCUT2D eigenvalue weighted by Gasteiger charge is -2.26. The van der Waals surface area contributed by atoms with Gasteiger partial charge in [0.25, 0.3) is 0 Å². The summed E-state index contributed by atoms with van der Waals surface area (Å²) in [5.41, 5.74) is 2.22. The summed E-state index contributed by atoms with van der Waals surface area (Å²) in [5, 5.41) is 11.6. The second kappa shape index (κ2) is 4.53. The number of hydrogen-bond donors (Lipinski definition) is 2. The molecule has 17 heavy (non-hydrogen) atoms. The van der Waals surface area contributed by atoms with E-state index in [1.165, 1.54) is 37.5 Å². The summed E-state index contributed by atoms with van der Waals surface area (Å²) >= 11 is 0. The van der Waals surface area contributed by atoms with Crippen molar-refractivity contribution in [1.29, 1.82) is 0 Å². The molecular weight excluding hydrogens is 210 g/mol. The fraction of sp³-hybridized carbons (Fsp3) is 0.467. The maximum atomic E-state index is 10.4. The largest absolute Gasteiger partial charge is 0.388 e. The van der Waals surface area contributed by atoms with E-state index in [1.54, 1.807) is 0 Å². The van der Waals surface area contributed by atoms with Gasteiger partial charge < -0.3 is 10.1 Å². The first-order valence-electron chi connectivity index (χ1n) is 6.60. The molecule has 3 rings (SSSR count). The zero-order chi connectivity index (χ0) is 11.7. The van der Waals surface area contributed by atoms with Crippen molar-refractivity contribution in [3.05, 3.63) is 36.0 Å². The van der Waals surface area contributed by atoms with Crippen LogP contribution in [0.15, 0.2) is 30.5 Å². The maximum Gasteiger partial charge on any atom is 0.0818 e. The van der Waals surface area contributed by atoms with E-state index in [-0.39, 0.29) is 6.10 Å². The number of benzene rings is 1. The lowest BCUT2D eigenvalue weighted by molar-refractivity contribution is 0.0849. The van der Waals surface area contributed by atoms with E-state index in [4.69, 9.17) is 0 Å². The van der Waals surface area contributed by atoms with Crippen LogP contribution in [0.5, 0.6) is 0 Å². The average Bonchev–Trinajstić information content (AvgIpc) is 2.86. The monoisotopic (exact) mass is 229 g/mol. The smallest absolute Gasteiger partial charge is 0.0818 e. The van der Waals surface area contributed by atoms with E-state index in [1.807, 2.05) is 6.20 Å². The fourth-order valence-electron chi connectivity index (χ4n) is 2.98. The van der Waals surface area contributed by atoms with E-state index in [2.05, 4.69) is 29.2 Å². The van der Waals surface area contributed by atoms with Gasteiger partial charge in [-0.05, 0) is 47.9 Å². The van der Waals surface area contributed by atoms with Crippen LogP contribution in [0.25, 0.3) is 10.9 Å². The van der Waals surface area contributed by atoms with Crippen molar-refractivity contribution in [3.8, 4) is 0 Å². The molecule has 0 amide bonds. The van der Waals surface area contributed by atoms with Crippen LogP contribution in [0.1, 0.15) is 43.8 Å². The first-order chi connectivity index (χ1) is 8.34. The van der Waals surface area contributed by atoms with Gasteiger partial charge in [-0.3, -0.25) is 0 Å². The van der Waals surface area contributed by atoms with Gasteiger partial charge in [0.05, 0.1) is 6.10 Å². The summed E-state index contributed by atoms with van der Waals surface area (Å²) in [5.74, 6) is 0.458. The van der Waals surface area contributed by atoms with Crippen molar-refractivity contribution in [2.75, 3.05) is 0 Å². The molecule has 0 radical (unpaired) electrons. The van der Waals surface area contributed by atoms with Crippen LogP contribution < -0.4 is 0 Å². The number of rotatable bonds is 2. The molecule has 2 N–H and O–H groups in total. The predicted octanol–water partition coefficient (Wildman–Crippen LogP) is 3.78. The highest BCUT2D eigenvalue weighted by molar-refractivity contribution is 5.80. The molecule has 0 bridgehead atoms. The molecule has 2 nitrogen and oxygen atoms in total. The molecule has 2 heteroatoms. The van der Waals surface area contributed by atoms with Gasteiger partial charge >= 0.3 is 0 Å². The van der Waals surface area contributed by atoms with Crippen molar-refractivity contribution in [2.45, 2.75) is 38.2 Å².